The number of halogens is 2. The van der Waals surface area contributed by atoms with Crippen molar-refractivity contribution in [1.29, 1.82) is 0 Å². The van der Waals surface area contributed by atoms with Crippen LogP contribution >= 0.6 is 11.6 Å². The first kappa shape index (κ1) is 12.3. The van der Waals surface area contributed by atoms with Gasteiger partial charge in [0.05, 0.1) is 11.0 Å². The highest BCUT2D eigenvalue weighted by atomic mass is 35.5. The fourth-order valence-electron chi connectivity index (χ4n) is 1.38. The lowest BCUT2D eigenvalue weighted by Gasteiger charge is -2.06. The maximum atomic E-state index is 12.9. The molecule has 0 atom stereocenters. The minimum atomic E-state index is -0.705. The van der Waals surface area contributed by atoms with E-state index in [9.17, 15) is 14.5 Å². The maximum absolute atomic E-state index is 12.9. The summed E-state index contributed by atoms with van der Waals surface area (Å²) in [6.07, 6.45) is 0. The lowest BCUT2D eigenvalue weighted by molar-refractivity contribution is -0.385. The van der Waals surface area contributed by atoms with Gasteiger partial charge in [0, 0.05) is 5.02 Å². The van der Waals surface area contributed by atoms with Gasteiger partial charge in [0.15, 0.2) is 0 Å². The molecular formula is C12H7ClFNO3. The highest BCUT2D eigenvalue weighted by Gasteiger charge is 2.16. The molecule has 2 rings (SSSR count). The lowest BCUT2D eigenvalue weighted by atomic mass is 10.3. The summed E-state index contributed by atoms with van der Waals surface area (Å²) in [5.74, 6) is -0.388. The molecule has 2 aromatic carbocycles. The number of nitrogens with zero attached hydrogens (tertiary/aromatic N) is 1. The van der Waals surface area contributed by atoms with Gasteiger partial charge in [-0.3, -0.25) is 10.1 Å². The summed E-state index contributed by atoms with van der Waals surface area (Å²) in [7, 11) is 0. The van der Waals surface area contributed by atoms with E-state index >= 15 is 0 Å². The molecular weight excluding hydrogens is 261 g/mol. The van der Waals surface area contributed by atoms with Crippen LogP contribution in [0.2, 0.25) is 5.02 Å². The molecule has 0 bridgehead atoms. The number of ether oxygens (including phenoxy) is 1. The third-order valence-corrected chi connectivity index (χ3v) is 2.38. The van der Waals surface area contributed by atoms with Gasteiger partial charge in [-0.2, -0.15) is 0 Å². The average molecular weight is 268 g/mol. The van der Waals surface area contributed by atoms with Crippen LogP contribution < -0.4 is 4.74 Å². The molecule has 18 heavy (non-hydrogen) atoms. The molecule has 92 valence electrons. The van der Waals surface area contributed by atoms with Gasteiger partial charge in [-0.05, 0) is 30.3 Å². The third-order valence-electron chi connectivity index (χ3n) is 2.14. The van der Waals surface area contributed by atoms with Gasteiger partial charge in [0.1, 0.15) is 11.6 Å². The molecule has 0 saturated carbocycles. The molecule has 6 heteroatoms. The van der Waals surface area contributed by atoms with E-state index < -0.39 is 16.4 Å². The van der Waals surface area contributed by atoms with E-state index in [0.717, 1.165) is 12.1 Å². The first-order valence-electron chi connectivity index (χ1n) is 4.93. The largest absolute Gasteiger partial charge is 0.450 e. The highest BCUT2D eigenvalue weighted by molar-refractivity contribution is 6.30. The van der Waals surface area contributed by atoms with Crippen molar-refractivity contribution in [2.75, 3.05) is 0 Å². The first-order chi connectivity index (χ1) is 8.56. The topological polar surface area (TPSA) is 52.4 Å². The average Bonchev–Trinajstić information content (AvgIpc) is 2.31. The number of nitro benzene ring substituents is 1. The lowest BCUT2D eigenvalue weighted by Crippen LogP contribution is -1.94. The zero-order chi connectivity index (χ0) is 13.1. The van der Waals surface area contributed by atoms with Crippen LogP contribution in [0.3, 0.4) is 0 Å². The van der Waals surface area contributed by atoms with Crippen molar-refractivity contribution in [3.05, 3.63) is 63.4 Å². The fourth-order valence-corrected chi connectivity index (χ4v) is 1.56. The summed E-state index contributed by atoms with van der Waals surface area (Å²) in [6, 6.07) is 9.50. The maximum Gasteiger partial charge on any atom is 0.314 e. The van der Waals surface area contributed by atoms with Gasteiger partial charge >= 0.3 is 5.69 Å². The third kappa shape index (κ3) is 2.75. The van der Waals surface area contributed by atoms with Crippen molar-refractivity contribution >= 4 is 17.3 Å². The van der Waals surface area contributed by atoms with Gasteiger partial charge in [-0.1, -0.05) is 17.7 Å². The SMILES string of the molecule is O=[N+]([O-])c1cc(F)ccc1Oc1cccc(Cl)c1. The van der Waals surface area contributed by atoms with E-state index in [1.54, 1.807) is 18.2 Å². The van der Waals surface area contributed by atoms with Crippen LogP contribution in [0, 0.1) is 15.9 Å². The molecule has 0 N–H and O–H groups in total. The molecule has 0 heterocycles. The molecule has 2 aromatic rings. The summed E-state index contributed by atoms with van der Waals surface area (Å²) < 4.78 is 18.2. The second-order valence-electron chi connectivity index (χ2n) is 3.43. The Labute approximate surface area is 107 Å². The van der Waals surface area contributed by atoms with Crippen LogP contribution in [-0.4, -0.2) is 4.92 Å². The molecule has 0 aliphatic carbocycles. The van der Waals surface area contributed by atoms with E-state index in [2.05, 4.69) is 0 Å². The Hall–Kier alpha value is -2.14. The van der Waals surface area contributed by atoms with Crippen molar-refractivity contribution in [3.8, 4) is 11.5 Å². The second kappa shape index (κ2) is 5.01. The van der Waals surface area contributed by atoms with Crippen LogP contribution in [0.5, 0.6) is 11.5 Å². The van der Waals surface area contributed by atoms with Crippen molar-refractivity contribution in [3.63, 3.8) is 0 Å². The summed E-state index contributed by atoms with van der Waals surface area (Å²) in [6.45, 7) is 0. The van der Waals surface area contributed by atoms with E-state index in [4.69, 9.17) is 16.3 Å². The standard InChI is InChI=1S/C12H7ClFNO3/c13-8-2-1-3-10(6-8)18-12-5-4-9(14)7-11(12)15(16)17/h1-7H. The molecule has 0 amide bonds. The zero-order valence-corrected chi connectivity index (χ0v) is 9.73. The Bertz CT molecular complexity index is 604. The summed E-state index contributed by atoms with van der Waals surface area (Å²) in [5, 5.41) is 11.2. The molecule has 0 spiro atoms. The Morgan fingerprint density at radius 1 is 1.22 bits per heavy atom. The van der Waals surface area contributed by atoms with Gasteiger partial charge in [-0.15, -0.1) is 0 Å². The first-order valence-corrected chi connectivity index (χ1v) is 5.31. The van der Waals surface area contributed by atoms with Crippen molar-refractivity contribution in [2.24, 2.45) is 0 Å². The summed E-state index contributed by atoms with van der Waals surface area (Å²) >= 11 is 5.76. The van der Waals surface area contributed by atoms with Crippen molar-refractivity contribution in [2.45, 2.75) is 0 Å². The minimum Gasteiger partial charge on any atom is -0.450 e. The summed E-state index contributed by atoms with van der Waals surface area (Å²) in [5.41, 5.74) is -0.435. The molecule has 0 saturated heterocycles. The zero-order valence-electron chi connectivity index (χ0n) is 8.97. The van der Waals surface area contributed by atoms with Crippen LogP contribution in [0.15, 0.2) is 42.5 Å². The van der Waals surface area contributed by atoms with E-state index in [-0.39, 0.29) is 5.75 Å². The van der Waals surface area contributed by atoms with Crippen LogP contribution in [0.1, 0.15) is 0 Å². The Kier molecular flexibility index (Phi) is 3.43. The van der Waals surface area contributed by atoms with Crippen molar-refractivity contribution < 1.29 is 14.1 Å². The number of benzene rings is 2. The normalized spacial score (nSPS) is 10.1. The van der Waals surface area contributed by atoms with E-state index in [1.165, 1.54) is 12.1 Å². The van der Waals surface area contributed by atoms with Gasteiger partial charge in [-0.25, -0.2) is 4.39 Å². The molecule has 0 aliphatic heterocycles. The minimum absolute atomic E-state index is 0.0383. The van der Waals surface area contributed by atoms with E-state index in [0.29, 0.717) is 10.8 Å². The van der Waals surface area contributed by atoms with Crippen molar-refractivity contribution in [1.82, 2.24) is 0 Å². The Morgan fingerprint density at radius 3 is 2.67 bits per heavy atom. The smallest absolute Gasteiger partial charge is 0.314 e. The number of hydrogen-bond donors (Lipinski definition) is 0. The molecule has 0 aromatic heterocycles. The van der Waals surface area contributed by atoms with Gasteiger partial charge in [0.25, 0.3) is 0 Å². The van der Waals surface area contributed by atoms with Gasteiger partial charge in [0.2, 0.25) is 5.75 Å². The van der Waals surface area contributed by atoms with E-state index in [1.807, 2.05) is 0 Å². The monoisotopic (exact) mass is 267 g/mol. The predicted octanol–water partition coefficient (Wildman–Crippen LogP) is 4.18. The van der Waals surface area contributed by atoms with Crippen LogP contribution in [0.25, 0.3) is 0 Å². The number of nitro groups is 1. The molecule has 4 nitrogen and oxygen atoms in total. The second-order valence-corrected chi connectivity index (χ2v) is 3.87. The number of rotatable bonds is 3. The van der Waals surface area contributed by atoms with Crippen LogP contribution in [0.4, 0.5) is 10.1 Å². The Morgan fingerprint density at radius 2 is 2.00 bits per heavy atom. The summed E-state index contributed by atoms with van der Waals surface area (Å²) in [4.78, 5) is 10.1. The molecule has 0 aliphatic rings. The van der Waals surface area contributed by atoms with Crippen LogP contribution in [-0.2, 0) is 0 Å². The Balaban J connectivity index is 2.37. The van der Waals surface area contributed by atoms with Gasteiger partial charge < -0.3 is 4.74 Å². The molecule has 0 radical (unpaired) electrons. The molecule has 0 fully saturated rings. The highest BCUT2D eigenvalue weighted by Crippen LogP contribution is 2.32. The predicted molar refractivity (Wildman–Crippen MR) is 64.6 cm³/mol. The molecule has 0 unspecified atom stereocenters. The quantitative estimate of drug-likeness (QED) is 0.619. The number of hydrogen-bond acceptors (Lipinski definition) is 3. The fraction of sp³-hybridized carbons (Fsp3) is 0.